The van der Waals surface area contributed by atoms with Crippen LogP contribution in [-0.2, 0) is 12.8 Å². The average Bonchev–Trinajstić information content (AvgIpc) is 3.48. The van der Waals surface area contributed by atoms with Crippen LogP contribution in [0.3, 0.4) is 0 Å². The minimum absolute atomic E-state index is 0.00587. The lowest BCUT2D eigenvalue weighted by Gasteiger charge is -2.20. The van der Waals surface area contributed by atoms with Crippen molar-refractivity contribution >= 4 is 29.1 Å². The molecule has 0 saturated heterocycles. The number of fused-ring (bicyclic) bond motifs is 4. The largest absolute Gasteiger partial charge is 0.452 e. The summed E-state index contributed by atoms with van der Waals surface area (Å²) in [6, 6.07) is 12.7. The molecule has 0 saturated carbocycles. The zero-order valence-electron chi connectivity index (χ0n) is 18.5. The topological polar surface area (TPSA) is 121 Å². The van der Waals surface area contributed by atoms with E-state index in [2.05, 4.69) is 15.4 Å². The number of primary amides is 1. The number of aromatic nitrogens is 3. The highest BCUT2D eigenvalue weighted by Gasteiger charge is 2.29. The highest BCUT2D eigenvalue weighted by atomic mass is 35.5. The van der Waals surface area contributed by atoms with Crippen molar-refractivity contribution in [3.63, 3.8) is 0 Å². The molecule has 36 heavy (non-hydrogen) atoms. The molecule has 2 aromatic heterocycles. The molecule has 9 nitrogen and oxygen atoms in total. The lowest BCUT2D eigenvalue weighted by Crippen LogP contribution is -2.16. The third-order valence-corrected chi connectivity index (χ3v) is 6.41. The first-order valence-corrected chi connectivity index (χ1v) is 11.4. The van der Waals surface area contributed by atoms with Crippen LogP contribution in [0.5, 0.6) is 11.6 Å². The number of rotatable bonds is 4. The summed E-state index contributed by atoms with van der Waals surface area (Å²) in [7, 11) is 0. The minimum atomic E-state index is -0.648. The van der Waals surface area contributed by atoms with Gasteiger partial charge < -0.3 is 20.5 Å². The quantitative estimate of drug-likeness (QED) is 0.406. The molecule has 2 aromatic carbocycles. The van der Waals surface area contributed by atoms with Crippen molar-refractivity contribution in [1.82, 2.24) is 14.8 Å². The first-order chi connectivity index (χ1) is 17.4. The van der Waals surface area contributed by atoms with Crippen LogP contribution in [0.4, 0.5) is 10.1 Å². The van der Waals surface area contributed by atoms with Gasteiger partial charge in [-0.3, -0.25) is 9.59 Å². The van der Waals surface area contributed by atoms with Crippen LogP contribution < -0.4 is 20.5 Å². The SMILES string of the molecule is NC(=O)c1nn(-c2ccc(F)cc2)c2c1CCc1ccc(NC(=O)c3cc4c(nc3Cl)OCO4)cc1-2. The number of anilines is 1. The molecule has 1 aliphatic carbocycles. The standard InChI is InChI=1S/C25H17ClFN5O4/c26-22-18(10-19-25(30-22)36-11-35-19)24(34)29-14-5-1-12-2-8-16-20(23(28)33)31-32(21(16)17(12)9-14)15-6-3-13(27)4-7-15/h1,3-7,9-10H,2,8,11H2,(H2,28,33)(H,29,34). The number of hydrogen-bond acceptors (Lipinski definition) is 6. The second-order valence-electron chi connectivity index (χ2n) is 8.29. The van der Waals surface area contributed by atoms with E-state index in [1.165, 1.54) is 18.2 Å². The van der Waals surface area contributed by atoms with Gasteiger partial charge in [-0.05, 0) is 54.8 Å². The average molecular weight is 506 g/mol. The highest BCUT2D eigenvalue weighted by Crippen LogP contribution is 2.39. The fourth-order valence-corrected chi connectivity index (χ4v) is 4.67. The second kappa shape index (κ2) is 8.35. The zero-order valence-corrected chi connectivity index (χ0v) is 19.3. The Morgan fingerprint density at radius 2 is 1.89 bits per heavy atom. The van der Waals surface area contributed by atoms with Gasteiger partial charge in [-0.1, -0.05) is 17.7 Å². The Morgan fingerprint density at radius 3 is 2.67 bits per heavy atom. The molecule has 0 radical (unpaired) electrons. The Balaban J connectivity index is 1.41. The number of ether oxygens (including phenoxy) is 2. The number of amides is 2. The molecular formula is C25H17ClFN5O4. The number of halogens is 2. The van der Waals surface area contributed by atoms with Crippen molar-refractivity contribution < 1.29 is 23.5 Å². The molecule has 180 valence electrons. The molecule has 11 heteroatoms. The molecule has 3 N–H and O–H groups in total. The molecule has 4 aromatic rings. The van der Waals surface area contributed by atoms with E-state index in [0.29, 0.717) is 41.2 Å². The molecule has 3 heterocycles. The normalized spacial score (nSPS) is 13.2. The summed E-state index contributed by atoms with van der Waals surface area (Å²) in [4.78, 5) is 29.2. The molecule has 0 spiro atoms. The maximum atomic E-state index is 13.6. The van der Waals surface area contributed by atoms with Crippen molar-refractivity contribution in [2.24, 2.45) is 5.73 Å². The van der Waals surface area contributed by atoms with Gasteiger partial charge in [0.15, 0.2) is 11.4 Å². The molecule has 2 amide bonds. The molecule has 1 aliphatic heterocycles. The van der Waals surface area contributed by atoms with Gasteiger partial charge in [-0.25, -0.2) is 9.07 Å². The number of aryl methyl sites for hydroxylation is 1. The Hall–Kier alpha value is -4.44. The fraction of sp³-hybridized carbons (Fsp3) is 0.120. The lowest BCUT2D eigenvalue weighted by atomic mass is 9.88. The van der Waals surface area contributed by atoms with Gasteiger partial charge in [-0.2, -0.15) is 10.1 Å². The number of carbonyl (C=O) groups is 2. The van der Waals surface area contributed by atoms with Crippen LogP contribution in [0.15, 0.2) is 48.5 Å². The minimum Gasteiger partial charge on any atom is -0.452 e. The predicted octanol–water partition coefficient (Wildman–Crippen LogP) is 3.91. The summed E-state index contributed by atoms with van der Waals surface area (Å²) in [6.45, 7) is 0.00587. The van der Waals surface area contributed by atoms with E-state index in [1.807, 2.05) is 6.07 Å². The molecule has 0 unspecified atom stereocenters. The fourth-order valence-electron chi connectivity index (χ4n) is 4.45. The zero-order chi connectivity index (χ0) is 25.0. The van der Waals surface area contributed by atoms with Gasteiger partial charge in [0.2, 0.25) is 6.79 Å². The predicted molar refractivity (Wildman–Crippen MR) is 128 cm³/mol. The smallest absolute Gasteiger partial charge is 0.269 e. The Labute approximate surface area is 208 Å². The summed E-state index contributed by atoms with van der Waals surface area (Å²) < 4.78 is 25.6. The van der Waals surface area contributed by atoms with E-state index in [9.17, 15) is 14.0 Å². The van der Waals surface area contributed by atoms with E-state index in [0.717, 1.165) is 11.1 Å². The number of pyridine rings is 1. The van der Waals surface area contributed by atoms with Crippen LogP contribution >= 0.6 is 11.6 Å². The first-order valence-electron chi connectivity index (χ1n) is 11.0. The summed E-state index contributed by atoms with van der Waals surface area (Å²) >= 11 is 6.19. The van der Waals surface area contributed by atoms with E-state index >= 15 is 0 Å². The Morgan fingerprint density at radius 1 is 1.08 bits per heavy atom. The van der Waals surface area contributed by atoms with E-state index in [4.69, 9.17) is 26.8 Å². The van der Waals surface area contributed by atoms with Crippen molar-refractivity contribution in [3.8, 4) is 28.6 Å². The summed E-state index contributed by atoms with van der Waals surface area (Å²) in [5.41, 5.74) is 10.1. The molecule has 0 bridgehead atoms. The van der Waals surface area contributed by atoms with Crippen molar-refractivity contribution in [2.75, 3.05) is 12.1 Å². The molecule has 2 aliphatic rings. The van der Waals surface area contributed by atoms with Crippen LogP contribution in [0.25, 0.3) is 16.9 Å². The van der Waals surface area contributed by atoms with Crippen LogP contribution in [0.2, 0.25) is 5.15 Å². The maximum absolute atomic E-state index is 13.6. The lowest BCUT2D eigenvalue weighted by molar-refractivity contribution is 0.0992. The highest BCUT2D eigenvalue weighted by molar-refractivity contribution is 6.33. The monoisotopic (exact) mass is 505 g/mol. The van der Waals surface area contributed by atoms with E-state index in [-0.39, 0.29) is 29.1 Å². The molecule has 0 fully saturated rings. The number of nitrogens with one attached hydrogen (secondary N) is 1. The molecular weight excluding hydrogens is 489 g/mol. The third-order valence-electron chi connectivity index (χ3n) is 6.12. The third kappa shape index (κ3) is 3.62. The van der Waals surface area contributed by atoms with E-state index < -0.39 is 17.6 Å². The summed E-state index contributed by atoms with van der Waals surface area (Å²) in [5.74, 6) is -0.951. The van der Waals surface area contributed by atoms with Gasteiger partial charge >= 0.3 is 0 Å². The second-order valence-corrected chi connectivity index (χ2v) is 8.65. The van der Waals surface area contributed by atoms with E-state index in [1.54, 1.807) is 28.9 Å². The van der Waals surface area contributed by atoms with Crippen LogP contribution in [-0.4, -0.2) is 33.4 Å². The van der Waals surface area contributed by atoms with Crippen LogP contribution in [0.1, 0.15) is 32.0 Å². The maximum Gasteiger partial charge on any atom is 0.269 e. The first kappa shape index (κ1) is 22.1. The Bertz CT molecular complexity index is 1570. The van der Waals surface area contributed by atoms with Gasteiger partial charge in [0.1, 0.15) is 11.0 Å². The van der Waals surface area contributed by atoms with Crippen molar-refractivity contribution in [2.45, 2.75) is 12.8 Å². The molecule has 6 rings (SSSR count). The number of carbonyl (C=O) groups excluding carboxylic acids is 2. The number of hydrogen-bond donors (Lipinski definition) is 2. The van der Waals surface area contributed by atoms with Crippen molar-refractivity contribution in [1.29, 1.82) is 0 Å². The van der Waals surface area contributed by atoms with Gasteiger partial charge in [0, 0.05) is 22.9 Å². The van der Waals surface area contributed by atoms with Gasteiger partial charge in [0.25, 0.3) is 17.7 Å². The summed E-state index contributed by atoms with van der Waals surface area (Å²) in [5, 5.41) is 7.27. The number of nitrogens with two attached hydrogens (primary N) is 1. The van der Waals surface area contributed by atoms with Crippen LogP contribution in [0, 0.1) is 5.82 Å². The molecule has 0 atom stereocenters. The number of nitrogens with zero attached hydrogens (tertiary/aromatic N) is 3. The summed E-state index contributed by atoms with van der Waals surface area (Å²) in [6.07, 6.45) is 1.22. The van der Waals surface area contributed by atoms with Gasteiger partial charge in [-0.15, -0.1) is 0 Å². The van der Waals surface area contributed by atoms with Crippen molar-refractivity contribution in [3.05, 3.63) is 81.9 Å². The Kier molecular flexibility index (Phi) is 5.11. The number of benzene rings is 2. The van der Waals surface area contributed by atoms with Gasteiger partial charge in [0.05, 0.1) is 16.9 Å².